The van der Waals surface area contributed by atoms with Gasteiger partial charge in [0.1, 0.15) is 5.60 Å². The van der Waals surface area contributed by atoms with Gasteiger partial charge >= 0.3 is 13.2 Å². The lowest BCUT2D eigenvalue weighted by atomic mass is 9.84. The van der Waals surface area contributed by atoms with Gasteiger partial charge in [0, 0.05) is 19.6 Å². The van der Waals surface area contributed by atoms with Crippen molar-refractivity contribution in [3.63, 3.8) is 0 Å². The molecule has 0 spiro atoms. The third-order valence-electron chi connectivity index (χ3n) is 4.72. The summed E-state index contributed by atoms with van der Waals surface area (Å²) in [6.45, 7) is 13.8. The monoisotopic (exact) mass is 345 g/mol. The van der Waals surface area contributed by atoms with Crippen molar-refractivity contribution in [1.82, 2.24) is 4.57 Å². The number of ether oxygens (including phenoxy) is 1. The van der Waals surface area contributed by atoms with Crippen LogP contribution in [0.1, 0.15) is 43.0 Å². The minimum absolute atomic E-state index is 0.428. The summed E-state index contributed by atoms with van der Waals surface area (Å²) >= 11 is 0. The molecule has 2 aromatic rings. The van der Waals surface area contributed by atoms with Crippen LogP contribution in [0.2, 0.25) is 0 Å². The van der Waals surface area contributed by atoms with E-state index in [4.69, 9.17) is 14.0 Å². The molecule has 0 saturated heterocycles. The van der Waals surface area contributed by atoms with Gasteiger partial charge in [0.2, 0.25) is 0 Å². The van der Waals surface area contributed by atoms with Gasteiger partial charge in [0.15, 0.2) is 0 Å². The van der Waals surface area contributed by atoms with Gasteiger partial charge in [-0.05, 0) is 76.8 Å². The van der Waals surface area contributed by atoms with Crippen LogP contribution in [0, 0.1) is 27.7 Å². The molecule has 1 aromatic carbocycles. The van der Waals surface area contributed by atoms with E-state index in [9.17, 15) is 4.79 Å². The quantitative estimate of drug-likeness (QED) is 0.797. The molecule has 5 nitrogen and oxygen atoms in total. The van der Waals surface area contributed by atoms with Crippen LogP contribution in [0.3, 0.4) is 0 Å². The average Bonchev–Trinajstić information content (AvgIpc) is 2.91. The van der Waals surface area contributed by atoms with Crippen LogP contribution in [0.15, 0.2) is 6.07 Å². The normalized spacial score (nSPS) is 11.9. The van der Waals surface area contributed by atoms with E-state index < -0.39 is 18.8 Å². The highest BCUT2D eigenvalue weighted by atomic mass is 16.6. The van der Waals surface area contributed by atoms with Crippen LogP contribution < -0.4 is 5.59 Å². The maximum Gasteiger partial charge on any atom is 0.511 e. The summed E-state index contributed by atoms with van der Waals surface area (Å²) in [5.41, 5.74) is 5.49. The van der Waals surface area contributed by atoms with Crippen LogP contribution >= 0.6 is 0 Å². The average molecular weight is 345 g/mol. The Morgan fingerprint density at radius 2 is 1.48 bits per heavy atom. The zero-order valence-electron chi connectivity index (χ0n) is 16.7. The summed E-state index contributed by atoms with van der Waals surface area (Å²) < 4.78 is 18.1. The van der Waals surface area contributed by atoms with Gasteiger partial charge in [0.25, 0.3) is 0 Å². The van der Waals surface area contributed by atoms with Crippen molar-refractivity contribution in [3.8, 4) is 0 Å². The fraction of sp³-hybridized carbons (Fsp3) is 0.526. The molecule has 6 heteroatoms. The number of aromatic nitrogens is 1. The number of rotatable bonds is 3. The summed E-state index contributed by atoms with van der Waals surface area (Å²) in [6.07, 6.45) is -0.428. The topological polar surface area (TPSA) is 49.7 Å². The summed E-state index contributed by atoms with van der Waals surface area (Å²) in [5, 5.41) is 1.01. The van der Waals surface area contributed by atoms with E-state index in [2.05, 4.69) is 20.8 Å². The Morgan fingerprint density at radius 1 is 0.960 bits per heavy atom. The van der Waals surface area contributed by atoms with Crippen molar-refractivity contribution >= 4 is 29.7 Å². The van der Waals surface area contributed by atoms with Gasteiger partial charge in [-0.25, -0.2) is 4.79 Å². The Bertz CT molecular complexity index is 813. The predicted octanol–water partition coefficient (Wildman–Crippen LogP) is 3.65. The molecule has 0 radical (unpaired) electrons. The lowest BCUT2D eigenvalue weighted by molar-refractivity contribution is 0.0547. The van der Waals surface area contributed by atoms with Crippen molar-refractivity contribution < 1.29 is 18.8 Å². The van der Waals surface area contributed by atoms with E-state index in [0.29, 0.717) is 5.59 Å². The molecule has 0 aliphatic carbocycles. The first-order valence-corrected chi connectivity index (χ1v) is 8.44. The SMILES string of the molecule is COB(OC)c1cc2c(C)c(C)c(C)c(C)c2n1C(=O)OC(C)(C)C. The molecular weight excluding hydrogens is 317 g/mol. The third-order valence-corrected chi connectivity index (χ3v) is 4.72. The van der Waals surface area contributed by atoms with Crippen LogP contribution in [0.4, 0.5) is 4.79 Å². The fourth-order valence-corrected chi connectivity index (χ4v) is 3.14. The van der Waals surface area contributed by atoms with Gasteiger partial charge in [0.05, 0.1) is 11.1 Å². The Morgan fingerprint density at radius 3 is 1.96 bits per heavy atom. The van der Waals surface area contributed by atoms with Gasteiger partial charge in [-0.3, -0.25) is 4.57 Å². The number of nitrogens with zero attached hydrogens (tertiary/aromatic N) is 1. The molecule has 0 amide bonds. The second kappa shape index (κ2) is 6.85. The fourth-order valence-electron chi connectivity index (χ4n) is 3.14. The first-order valence-electron chi connectivity index (χ1n) is 8.44. The lowest BCUT2D eigenvalue weighted by Crippen LogP contribution is -2.43. The highest BCUT2D eigenvalue weighted by Crippen LogP contribution is 2.30. The molecule has 0 fully saturated rings. The molecule has 1 aromatic heterocycles. The largest absolute Gasteiger partial charge is 0.511 e. The molecule has 2 rings (SSSR count). The molecule has 136 valence electrons. The van der Waals surface area contributed by atoms with E-state index in [1.165, 1.54) is 11.1 Å². The Balaban J connectivity index is 2.87. The standard InChI is InChI=1S/C19H28BNO4/c1-11-12(2)14(4)17-15(13(11)3)10-16(20(23-8)24-9)21(17)18(22)25-19(5,6)7/h10H,1-9H3. The molecular formula is C19H28BNO4. The maximum absolute atomic E-state index is 13.0. The molecule has 25 heavy (non-hydrogen) atoms. The molecule has 0 aliphatic rings. The van der Waals surface area contributed by atoms with Crippen molar-refractivity contribution in [1.29, 1.82) is 0 Å². The van der Waals surface area contributed by atoms with E-state index >= 15 is 0 Å². The van der Waals surface area contributed by atoms with Crippen molar-refractivity contribution in [2.45, 2.75) is 54.1 Å². The first kappa shape index (κ1) is 19.5. The summed E-state index contributed by atoms with van der Waals surface area (Å²) in [5.74, 6) is 0. The number of benzene rings is 1. The molecule has 0 N–H and O–H groups in total. The number of hydrogen-bond donors (Lipinski definition) is 0. The molecule has 0 aliphatic heterocycles. The number of carbonyl (C=O) groups excluding carboxylic acids is 1. The summed E-state index contributed by atoms with van der Waals surface area (Å²) in [7, 11) is 2.46. The van der Waals surface area contributed by atoms with Gasteiger partial charge in [-0.1, -0.05) is 0 Å². The second-order valence-electron chi connectivity index (χ2n) is 7.45. The lowest BCUT2D eigenvalue weighted by Gasteiger charge is -2.22. The Kier molecular flexibility index (Phi) is 5.35. The maximum atomic E-state index is 13.0. The van der Waals surface area contributed by atoms with Gasteiger partial charge in [-0.2, -0.15) is 0 Å². The van der Waals surface area contributed by atoms with Gasteiger partial charge in [-0.15, -0.1) is 0 Å². The molecule has 1 heterocycles. The van der Waals surface area contributed by atoms with Gasteiger partial charge < -0.3 is 14.0 Å². The highest BCUT2D eigenvalue weighted by molar-refractivity contribution is 6.61. The summed E-state index contributed by atoms with van der Waals surface area (Å²) in [4.78, 5) is 13.0. The number of fused-ring (bicyclic) bond motifs is 1. The molecule has 0 bridgehead atoms. The predicted molar refractivity (Wildman–Crippen MR) is 102 cm³/mol. The number of carbonyl (C=O) groups is 1. The molecule has 0 saturated carbocycles. The second-order valence-corrected chi connectivity index (χ2v) is 7.45. The zero-order chi connectivity index (χ0) is 19.1. The van der Waals surface area contributed by atoms with Crippen LogP contribution in [-0.4, -0.2) is 37.6 Å². The third kappa shape index (κ3) is 3.46. The smallest absolute Gasteiger partial charge is 0.443 e. The van der Waals surface area contributed by atoms with Crippen LogP contribution in [0.25, 0.3) is 10.9 Å². The highest BCUT2D eigenvalue weighted by Gasteiger charge is 2.31. The molecule has 0 atom stereocenters. The van der Waals surface area contributed by atoms with Crippen LogP contribution in [-0.2, 0) is 14.0 Å². The first-order chi connectivity index (χ1) is 11.5. The van der Waals surface area contributed by atoms with Crippen molar-refractivity contribution in [3.05, 3.63) is 28.3 Å². The Labute approximate surface area is 150 Å². The minimum Gasteiger partial charge on any atom is -0.443 e. The van der Waals surface area contributed by atoms with Crippen molar-refractivity contribution in [2.75, 3.05) is 14.2 Å². The van der Waals surface area contributed by atoms with Crippen LogP contribution in [0.5, 0.6) is 0 Å². The molecule has 0 unspecified atom stereocenters. The number of hydrogen-bond acceptors (Lipinski definition) is 4. The number of aryl methyl sites for hydroxylation is 2. The zero-order valence-corrected chi connectivity index (χ0v) is 16.7. The van der Waals surface area contributed by atoms with E-state index in [1.807, 2.05) is 33.8 Å². The minimum atomic E-state index is -0.653. The van der Waals surface area contributed by atoms with E-state index in [1.54, 1.807) is 18.8 Å². The van der Waals surface area contributed by atoms with Crippen molar-refractivity contribution in [2.24, 2.45) is 0 Å². The van der Waals surface area contributed by atoms with E-state index in [0.717, 1.165) is 22.0 Å². The summed E-state index contributed by atoms with van der Waals surface area (Å²) in [6, 6.07) is 1.96. The Hall–Kier alpha value is -1.79. The van der Waals surface area contributed by atoms with E-state index in [-0.39, 0.29) is 0 Å².